The van der Waals surface area contributed by atoms with Gasteiger partial charge in [0.05, 0.1) is 4.90 Å². The number of nitrogens with one attached hydrogen (secondary N) is 1. The Bertz CT molecular complexity index is 696. The van der Waals surface area contributed by atoms with E-state index in [1.807, 2.05) is 17.5 Å². The number of hydrogen-bond acceptors (Lipinski definition) is 4. The van der Waals surface area contributed by atoms with Gasteiger partial charge in [-0.15, -0.1) is 11.3 Å². The third-order valence-electron chi connectivity index (χ3n) is 2.70. The maximum Gasteiger partial charge on any atom is 0.242 e. The average Bonchev–Trinajstić information content (AvgIpc) is 2.82. The average molecular weight is 375 g/mol. The van der Waals surface area contributed by atoms with Crippen molar-refractivity contribution in [3.63, 3.8) is 0 Å². The molecular formula is C13H15BrN2O2S2. The molecule has 7 heteroatoms. The molecule has 0 bridgehead atoms. The van der Waals surface area contributed by atoms with Crippen molar-refractivity contribution in [1.82, 2.24) is 4.31 Å². The number of nitrogens with zero attached hydrogens (tertiary/aromatic N) is 1. The number of anilines is 1. The summed E-state index contributed by atoms with van der Waals surface area (Å²) in [7, 11) is -0.337. The van der Waals surface area contributed by atoms with Crippen molar-refractivity contribution in [1.29, 1.82) is 0 Å². The molecule has 1 N–H and O–H groups in total. The first-order valence-corrected chi connectivity index (χ1v) is 9.00. The van der Waals surface area contributed by atoms with Crippen molar-refractivity contribution >= 4 is 43.0 Å². The predicted octanol–water partition coefficient (Wildman–Crippen LogP) is 3.37. The molecule has 0 amide bonds. The third-order valence-corrected chi connectivity index (χ3v) is 6.21. The van der Waals surface area contributed by atoms with Crippen LogP contribution in [0.5, 0.6) is 0 Å². The molecule has 1 aromatic heterocycles. The molecule has 2 aromatic rings. The van der Waals surface area contributed by atoms with Crippen molar-refractivity contribution in [3.8, 4) is 0 Å². The highest BCUT2D eigenvalue weighted by Gasteiger charge is 2.17. The highest BCUT2D eigenvalue weighted by atomic mass is 79.9. The second-order valence-corrected chi connectivity index (χ2v) is 8.46. The van der Waals surface area contributed by atoms with E-state index in [2.05, 4.69) is 21.2 Å². The Morgan fingerprint density at radius 2 is 2.05 bits per heavy atom. The minimum atomic E-state index is -3.39. The first-order chi connectivity index (χ1) is 9.39. The minimum Gasteiger partial charge on any atom is -0.380 e. The lowest BCUT2D eigenvalue weighted by Crippen LogP contribution is -2.22. The highest BCUT2D eigenvalue weighted by molar-refractivity contribution is 9.10. The summed E-state index contributed by atoms with van der Waals surface area (Å²) in [6.07, 6.45) is 0. The molecule has 0 aliphatic heterocycles. The monoisotopic (exact) mass is 374 g/mol. The molecule has 0 spiro atoms. The molecular weight excluding hydrogens is 360 g/mol. The van der Waals surface area contributed by atoms with Gasteiger partial charge < -0.3 is 5.32 Å². The normalized spacial score (nSPS) is 11.8. The van der Waals surface area contributed by atoms with E-state index in [-0.39, 0.29) is 0 Å². The SMILES string of the molecule is CN(C)S(=O)(=O)c1cccc(NCc2cc(Br)cs2)c1. The van der Waals surface area contributed by atoms with E-state index >= 15 is 0 Å². The lowest BCUT2D eigenvalue weighted by atomic mass is 10.3. The van der Waals surface area contributed by atoms with Gasteiger partial charge in [0.2, 0.25) is 10.0 Å². The van der Waals surface area contributed by atoms with Gasteiger partial charge in [0.25, 0.3) is 0 Å². The summed E-state index contributed by atoms with van der Waals surface area (Å²) >= 11 is 5.06. The molecule has 1 heterocycles. The van der Waals surface area contributed by atoms with E-state index in [9.17, 15) is 8.42 Å². The maximum absolute atomic E-state index is 12.1. The Morgan fingerprint density at radius 1 is 1.30 bits per heavy atom. The fraction of sp³-hybridized carbons (Fsp3) is 0.231. The van der Waals surface area contributed by atoms with Crippen molar-refractivity contribution in [2.45, 2.75) is 11.4 Å². The minimum absolute atomic E-state index is 0.292. The molecule has 20 heavy (non-hydrogen) atoms. The smallest absolute Gasteiger partial charge is 0.242 e. The van der Waals surface area contributed by atoms with E-state index in [1.165, 1.54) is 23.3 Å². The topological polar surface area (TPSA) is 49.4 Å². The standard InChI is InChI=1S/C13H15BrN2O2S2/c1-16(2)20(17,18)13-5-3-4-11(7-13)15-8-12-6-10(14)9-19-12/h3-7,9,15H,8H2,1-2H3. The van der Waals surface area contributed by atoms with Crippen LogP contribution in [0.15, 0.2) is 45.1 Å². The van der Waals surface area contributed by atoms with E-state index in [4.69, 9.17) is 0 Å². The molecule has 4 nitrogen and oxygen atoms in total. The van der Waals surface area contributed by atoms with Gasteiger partial charge >= 0.3 is 0 Å². The lowest BCUT2D eigenvalue weighted by Gasteiger charge is -2.12. The number of rotatable bonds is 5. The van der Waals surface area contributed by atoms with Gasteiger partial charge in [-0.2, -0.15) is 0 Å². The third kappa shape index (κ3) is 3.60. The van der Waals surface area contributed by atoms with Gasteiger partial charge in [-0.1, -0.05) is 6.07 Å². The largest absolute Gasteiger partial charge is 0.380 e. The zero-order valence-electron chi connectivity index (χ0n) is 11.1. The molecule has 1 aromatic carbocycles. The van der Waals surface area contributed by atoms with Crippen LogP contribution in [-0.2, 0) is 16.6 Å². The van der Waals surface area contributed by atoms with E-state index < -0.39 is 10.0 Å². The maximum atomic E-state index is 12.1. The Morgan fingerprint density at radius 3 is 2.65 bits per heavy atom. The van der Waals surface area contributed by atoms with Crippen LogP contribution in [0.1, 0.15) is 4.88 Å². The molecule has 0 aliphatic carbocycles. The van der Waals surface area contributed by atoms with E-state index in [0.717, 1.165) is 10.2 Å². The van der Waals surface area contributed by atoms with Crippen molar-refractivity contribution < 1.29 is 8.42 Å². The van der Waals surface area contributed by atoms with Crippen LogP contribution in [0.2, 0.25) is 0 Å². The van der Waals surface area contributed by atoms with Crippen LogP contribution in [0.3, 0.4) is 0 Å². The molecule has 0 saturated heterocycles. The van der Waals surface area contributed by atoms with Crippen LogP contribution in [-0.4, -0.2) is 26.8 Å². The van der Waals surface area contributed by atoms with Gasteiger partial charge in [0.15, 0.2) is 0 Å². The summed E-state index contributed by atoms with van der Waals surface area (Å²) in [4.78, 5) is 1.47. The first-order valence-electron chi connectivity index (χ1n) is 5.89. The molecule has 0 unspecified atom stereocenters. The van der Waals surface area contributed by atoms with Gasteiger partial charge in [0, 0.05) is 41.1 Å². The number of thiophene rings is 1. The Kier molecular flexibility index (Phi) is 4.85. The summed E-state index contributed by atoms with van der Waals surface area (Å²) in [5, 5.41) is 5.25. The van der Waals surface area contributed by atoms with Crippen LogP contribution in [0.25, 0.3) is 0 Å². The zero-order valence-corrected chi connectivity index (χ0v) is 14.3. The molecule has 108 valence electrons. The quantitative estimate of drug-likeness (QED) is 0.872. The predicted molar refractivity (Wildman–Crippen MR) is 86.7 cm³/mol. The summed E-state index contributed by atoms with van der Waals surface area (Å²) in [6.45, 7) is 0.668. The van der Waals surface area contributed by atoms with Crippen LogP contribution >= 0.6 is 27.3 Å². The number of sulfonamides is 1. The van der Waals surface area contributed by atoms with Crippen molar-refractivity contribution in [2.75, 3.05) is 19.4 Å². The Hall–Kier alpha value is -0.890. The van der Waals surface area contributed by atoms with E-state index in [0.29, 0.717) is 11.4 Å². The molecule has 0 atom stereocenters. The fourth-order valence-electron chi connectivity index (χ4n) is 1.61. The molecule has 0 saturated carbocycles. The van der Waals surface area contributed by atoms with Gasteiger partial charge in [0.1, 0.15) is 0 Å². The fourth-order valence-corrected chi connectivity index (χ4v) is 3.95. The highest BCUT2D eigenvalue weighted by Crippen LogP contribution is 2.22. The molecule has 0 aliphatic rings. The summed E-state index contributed by atoms with van der Waals surface area (Å²) in [5.41, 5.74) is 0.789. The van der Waals surface area contributed by atoms with Crippen LogP contribution < -0.4 is 5.32 Å². The first kappa shape index (κ1) is 15.5. The number of hydrogen-bond donors (Lipinski definition) is 1. The summed E-state index contributed by atoms with van der Waals surface area (Å²) in [6, 6.07) is 8.89. The van der Waals surface area contributed by atoms with Crippen molar-refractivity contribution in [2.24, 2.45) is 0 Å². The summed E-state index contributed by atoms with van der Waals surface area (Å²) < 4.78 is 26.4. The van der Waals surface area contributed by atoms with Crippen LogP contribution in [0.4, 0.5) is 5.69 Å². The van der Waals surface area contributed by atoms with Gasteiger partial charge in [-0.3, -0.25) is 0 Å². The molecule has 0 fully saturated rings. The molecule has 0 radical (unpaired) electrons. The van der Waals surface area contributed by atoms with Gasteiger partial charge in [-0.05, 0) is 40.2 Å². The molecule has 2 rings (SSSR count). The van der Waals surface area contributed by atoms with Crippen LogP contribution in [0, 0.1) is 0 Å². The van der Waals surface area contributed by atoms with E-state index in [1.54, 1.807) is 29.5 Å². The van der Waals surface area contributed by atoms with Crippen molar-refractivity contribution in [3.05, 3.63) is 45.1 Å². The Labute approximate surface area is 131 Å². The second-order valence-electron chi connectivity index (χ2n) is 4.40. The van der Waals surface area contributed by atoms with Gasteiger partial charge in [-0.25, -0.2) is 12.7 Å². The second kappa shape index (κ2) is 6.26. The zero-order chi connectivity index (χ0) is 14.8. The number of halogens is 1. The lowest BCUT2D eigenvalue weighted by molar-refractivity contribution is 0.521. The number of benzene rings is 1. The summed E-state index contributed by atoms with van der Waals surface area (Å²) in [5.74, 6) is 0. The Balaban J connectivity index is 2.14.